The van der Waals surface area contributed by atoms with Crippen molar-refractivity contribution >= 4 is 5.96 Å². The lowest BCUT2D eigenvalue weighted by Crippen LogP contribution is -2.39. The van der Waals surface area contributed by atoms with E-state index in [1.807, 2.05) is 6.07 Å². The van der Waals surface area contributed by atoms with E-state index in [1.54, 1.807) is 12.3 Å². The van der Waals surface area contributed by atoms with Gasteiger partial charge in [-0.1, -0.05) is 0 Å². The number of halogens is 3. The maximum absolute atomic E-state index is 12.0. The first-order valence-electron chi connectivity index (χ1n) is 6.62. The maximum Gasteiger partial charge on any atom is 0.390 e. The molecule has 0 spiro atoms. The number of nitrogens with zero attached hydrogens (tertiary/aromatic N) is 1. The molecule has 0 amide bonds. The van der Waals surface area contributed by atoms with Gasteiger partial charge >= 0.3 is 6.18 Å². The molecule has 0 saturated carbocycles. The first-order valence-corrected chi connectivity index (χ1v) is 6.62. The largest absolute Gasteiger partial charge is 0.467 e. The molecule has 0 unspecified atom stereocenters. The van der Waals surface area contributed by atoms with Crippen LogP contribution in [-0.4, -0.2) is 38.9 Å². The van der Waals surface area contributed by atoms with Gasteiger partial charge in [-0.05, 0) is 18.6 Å². The molecule has 0 aliphatic rings. The predicted octanol–water partition coefficient (Wildman–Crippen LogP) is 2.30. The lowest BCUT2D eigenvalue weighted by atomic mass is 10.4. The Kier molecular flexibility index (Phi) is 7.66. The SMILES string of the molecule is CN=C(NCCCOCc1ccco1)NCCC(F)(F)F. The molecule has 1 rings (SSSR count). The highest BCUT2D eigenvalue weighted by Gasteiger charge is 2.26. The summed E-state index contributed by atoms with van der Waals surface area (Å²) in [6, 6.07) is 3.61. The van der Waals surface area contributed by atoms with E-state index in [2.05, 4.69) is 15.6 Å². The quantitative estimate of drug-likeness (QED) is 0.439. The number of nitrogens with one attached hydrogen (secondary N) is 2. The highest BCUT2D eigenvalue weighted by Crippen LogP contribution is 2.17. The molecule has 0 aliphatic carbocycles. The first kappa shape index (κ1) is 17.4. The Hall–Kier alpha value is -1.70. The summed E-state index contributed by atoms with van der Waals surface area (Å²) in [5.74, 6) is 1.11. The molecule has 1 aromatic heterocycles. The predicted molar refractivity (Wildman–Crippen MR) is 73.0 cm³/mol. The van der Waals surface area contributed by atoms with Crippen LogP contribution in [0.15, 0.2) is 27.8 Å². The molecule has 0 bridgehead atoms. The first-order chi connectivity index (χ1) is 10.0. The van der Waals surface area contributed by atoms with Gasteiger partial charge in [-0.25, -0.2) is 0 Å². The number of guanidine groups is 1. The topological polar surface area (TPSA) is 58.8 Å². The molecule has 1 aromatic rings. The third-order valence-electron chi connectivity index (χ3n) is 2.51. The van der Waals surface area contributed by atoms with Crippen LogP contribution in [0.5, 0.6) is 0 Å². The number of alkyl halides is 3. The summed E-state index contributed by atoms with van der Waals surface area (Å²) in [5, 5.41) is 5.52. The van der Waals surface area contributed by atoms with Gasteiger partial charge in [0.05, 0.1) is 12.7 Å². The van der Waals surface area contributed by atoms with Crippen molar-refractivity contribution in [3.8, 4) is 0 Å². The van der Waals surface area contributed by atoms with Crippen molar-refractivity contribution in [2.24, 2.45) is 4.99 Å². The molecule has 0 aromatic carbocycles. The van der Waals surface area contributed by atoms with Crippen molar-refractivity contribution in [2.75, 3.05) is 26.7 Å². The van der Waals surface area contributed by atoms with E-state index in [1.165, 1.54) is 7.05 Å². The van der Waals surface area contributed by atoms with E-state index >= 15 is 0 Å². The van der Waals surface area contributed by atoms with Crippen LogP contribution >= 0.6 is 0 Å². The van der Waals surface area contributed by atoms with Gasteiger partial charge in [0.25, 0.3) is 0 Å². The minimum atomic E-state index is -4.16. The Balaban J connectivity index is 2.02. The second-order valence-corrected chi connectivity index (χ2v) is 4.28. The summed E-state index contributed by atoms with van der Waals surface area (Å²) in [6.07, 6.45) is -2.76. The van der Waals surface area contributed by atoms with Gasteiger partial charge in [0.15, 0.2) is 5.96 Å². The van der Waals surface area contributed by atoms with Gasteiger partial charge in [0.2, 0.25) is 0 Å². The highest BCUT2D eigenvalue weighted by atomic mass is 19.4. The summed E-state index contributed by atoms with van der Waals surface area (Å²) in [7, 11) is 1.51. The third kappa shape index (κ3) is 8.96. The van der Waals surface area contributed by atoms with Crippen LogP contribution in [-0.2, 0) is 11.3 Å². The van der Waals surface area contributed by atoms with Crippen LogP contribution in [0.3, 0.4) is 0 Å². The van der Waals surface area contributed by atoms with Crippen LogP contribution in [0.1, 0.15) is 18.6 Å². The van der Waals surface area contributed by atoms with Gasteiger partial charge in [-0.3, -0.25) is 4.99 Å². The average molecular weight is 307 g/mol. The van der Waals surface area contributed by atoms with Crippen LogP contribution < -0.4 is 10.6 Å². The van der Waals surface area contributed by atoms with Crippen LogP contribution in [0, 0.1) is 0 Å². The zero-order valence-electron chi connectivity index (χ0n) is 11.9. The van der Waals surface area contributed by atoms with E-state index in [0.717, 1.165) is 5.76 Å². The van der Waals surface area contributed by atoms with Gasteiger partial charge in [-0.2, -0.15) is 13.2 Å². The third-order valence-corrected chi connectivity index (χ3v) is 2.51. The van der Waals surface area contributed by atoms with Crippen molar-refractivity contribution in [1.29, 1.82) is 0 Å². The van der Waals surface area contributed by atoms with Crippen LogP contribution in [0.25, 0.3) is 0 Å². The lowest BCUT2D eigenvalue weighted by Gasteiger charge is -2.12. The average Bonchev–Trinajstić information content (AvgIpc) is 2.92. The number of ether oxygens (including phenoxy) is 1. The molecule has 120 valence electrons. The zero-order valence-corrected chi connectivity index (χ0v) is 11.9. The Bertz CT molecular complexity index is 405. The summed E-state index contributed by atoms with van der Waals surface area (Å²) < 4.78 is 46.5. The second-order valence-electron chi connectivity index (χ2n) is 4.28. The van der Waals surface area contributed by atoms with Crippen molar-refractivity contribution in [2.45, 2.75) is 25.6 Å². The summed E-state index contributed by atoms with van der Waals surface area (Å²) in [4.78, 5) is 3.84. The van der Waals surface area contributed by atoms with E-state index in [9.17, 15) is 13.2 Å². The van der Waals surface area contributed by atoms with E-state index < -0.39 is 12.6 Å². The minimum Gasteiger partial charge on any atom is -0.467 e. The van der Waals surface area contributed by atoms with Crippen molar-refractivity contribution in [3.63, 3.8) is 0 Å². The Morgan fingerprint density at radius 3 is 2.71 bits per heavy atom. The van der Waals surface area contributed by atoms with E-state index in [4.69, 9.17) is 9.15 Å². The highest BCUT2D eigenvalue weighted by molar-refractivity contribution is 5.79. The second kappa shape index (κ2) is 9.28. The lowest BCUT2D eigenvalue weighted by molar-refractivity contribution is -0.132. The molecular formula is C13H20F3N3O2. The van der Waals surface area contributed by atoms with Crippen molar-refractivity contribution < 1.29 is 22.3 Å². The fourth-order valence-electron chi connectivity index (χ4n) is 1.49. The molecule has 0 atom stereocenters. The Morgan fingerprint density at radius 2 is 2.10 bits per heavy atom. The number of rotatable bonds is 8. The monoisotopic (exact) mass is 307 g/mol. The van der Waals surface area contributed by atoms with Gasteiger partial charge < -0.3 is 19.8 Å². The molecule has 0 saturated heterocycles. The Labute approximate surface area is 121 Å². The smallest absolute Gasteiger partial charge is 0.390 e. The molecule has 2 N–H and O–H groups in total. The molecule has 0 aliphatic heterocycles. The maximum atomic E-state index is 12.0. The van der Waals surface area contributed by atoms with Crippen LogP contribution in [0.2, 0.25) is 0 Å². The number of hydrogen-bond donors (Lipinski definition) is 2. The number of aliphatic imine (C=N–C) groups is 1. The summed E-state index contributed by atoms with van der Waals surface area (Å²) in [6.45, 7) is 1.29. The van der Waals surface area contributed by atoms with E-state index in [-0.39, 0.29) is 6.54 Å². The van der Waals surface area contributed by atoms with E-state index in [0.29, 0.717) is 32.1 Å². The Morgan fingerprint density at radius 1 is 1.33 bits per heavy atom. The number of hydrogen-bond acceptors (Lipinski definition) is 3. The molecule has 0 radical (unpaired) electrons. The molecule has 1 heterocycles. The number of furan rings is 1. The van der Waals surface area contributed by atoms with Crippen LogP contribution in [0.4, 0.5) is 13.2 Å². The summed E-state index contributed by atoms with van der Waals surface area (Å²) >= 11 is 0. The summed E-state index contributed by atoms with van der Waals surface area (Å²) in [5.41, 5.74) is 0. The van der Waals surface area contributed by atoms with Crippen molar-refractivity contribution in [3.05, 3.63) is 24.2 Å². The minimum absolute atomic E-state index is 0.196. The molecule has 5 nitrogen and oxygen atoms in total. The fraction of sp³-hybridized carbons (Fsp3) is 0.615. The van der Waals surface area contributed by atoms with Gasteiger partial charge in [0, 0.05) is 26.7 Å². The van der Waals surface area contributed by atoms with Gasteiger partial charge in [0.1, 0.15) is 12.4 Å². The molecule has 8 heteroatoms. The molecule has 21 heavy (non-hydrogen) atoms. The zero-order chi connectivity index (χ0) is 15.6. The van der Waals surface area contributed by atoms with Crippen molar-refractivity contribution in [1.82, 2.24) is 10.6 Å². The molecule has 0 fully saturated rings. The van der Waals surface area contributed by atoms with Gasteiger partial charge in [-0.15, -0.1) is 0 Å². The fourth-order valence-corrected chi connectivity index (χ4v) is 1.49. The normalized spacial score (nSPS) is 12.5. The molecular weight excluding hydrogens is 287 g/mol. The standard InChI is InChI=1S/C13H20F3N3O2/c1-17-12(19-7-5-13(14,15)16)18-6-3-8-20-10-11-4-2-9-21-11/h2,4,9H,3,5-8,10H2,1H3,(H2,17,18,19).